The molecule has 14 heteroatoms. The predicted molar refractivity (Wildman–Crippen MR) is 127 cm³/mol. The van der Waals surface area contributed by atoms with Gasteiger partial charge in [0.05, 0.1) is 41.0 Å². The van der Waals surface area contributed by atoms with E-state index in [4.69, 9.17) is 14.8 Å². The summed E-state index contributed by atoms with van der Waals surface area (Å²) in [5.74, 6) is -1.14. The summed E-state index contributed by atoms with van der Waals surface area (Å²) in [4.78, 5) is 68.4. The van der Waals surface area contributed by atoms with E-state index in [0.717, 1.165) is 11.4 Å². The Hall–Kier alpha value is -3.54. The number of carbonyl (C=O) groups is 3. The lowest BCUT2D eigenvalue weighted by molar-refractivity contribution is -0.138. The number of nitrogens with zero attached hydrogens (tertiary/aromatic N) is 4. The molecule has 3 heterocycles. The van der Waals surface area contributed by atoms with Crippen molar-refractivity contribution < 1.29 is 33.8 Å². The first kappa shape index (κ1) is 25.5. The number of aromatic amines is 1. The highest BCUT2D eigenvalue weighted by Gasteiger charge is 2.30. The number of hydrogen-bond acceptors (Lipinski definition) is 6. The number of carboxylic acid groups (broad SMARTS) is 1. The fourth-order valence-electron chi connectivity index (χ4n) is 4.31. The molecule has 5 N–H and O–H groups in total. The van der Waals surface area contributed by atoms with Crippen molar-refractivity contribution in [2.24, 2.45) is 7.05 Å². The van der Waals surface area contributed by atoms with E-state index in [1.54, 1.807) is 31.0 Å². The molecule has 0 bridgehead atoms. The Kier molecular flexibility index (Phi) is 6.74. The second-order valence-corrected chi connectivity index (χ2v) is 10.6. The molecular weight excluding hydrogens is 491 g/mol. The van der Waals surface area contributed by atoms with Crippen LogP contribution in [0, 0.1) is 0 Å². The van der Waals surface area contributed by atoms with Gasteiger partial charge in [0.15, 0.2) is 0 Å². The van der Waals surface area contributed by atoms with Crippen molar-refractivity contribution in [1.82, 2.24) is 29.7 Å². The molecule has 1 aliphatic heterocycles. The number of carbonyl (C=O) groups excluding carboxylic acids is 2. The Labute approximate surface area is 205 Å². The van der Waals surface area contributed by atoms with Gasteiger partial charge in [-0.3, -0.25) is 14.2 Å². The lowest BCUT2D eigenvalue weighted by atomic mass is 10.1. The van der Waals surface area contributed by atoms with Crippen molar-refractivity contribution in [3.05, 3.63) is 46.8 Å². The van der Waals surface area contributed by atoms with E-state index in [-0.39, 0.29) is 17.4 Å². The van der Waals surface area contributed by atoms with Crippen LogP contribution in [0.2, 0.25) is 0 Å². The molecule has 0 spiro atoms. The Balaban J connectivity index is 1.58. The zero-order chi connectivity index (χ0) is 26.4. The molecule has 0 radical (unpaired) electrons. The third-order valence-electron chi connectivity index (χ3n) is 6.29. The smallest absolute Gasteiger partial charge is 0.328 e. The Morgan fingerprint density at radius 3 is 2.61 bits per heavy atom. The van der Waals surface area contributed by atoms with Crippen molar-refractivity contribution in [3.8, 4) is 0 Å². The van der Waals surface area contributed by atoms with Crippen molar-refractivity contribution in [2.45, 2.75) is 38.8 Å². The summed E-state index contributed by atoms with van der Waals surface area (Å²) in [5, 5.41) is 11.4. The number of aryl methyl sites for hydroxylation is 1. The second-order valence-electron chi connectivity index (χ2n) is 8.90. The molecule has 4 rings (SSSR count). The average Bonchev–Trinajstić information content (AvgIpc) is 3.37. The summed E-state index contributed by atoms with van der Waals surface area (Å²) < 4.78 is 13.0. The van der Waals surface area contributed by atoms with E-state index in [9.17, 15) is 24.1 Å². The Bertz CT molecular complexity index is 1410. The van der Waals surface area contributed by atoms with Crippen molar-refractivity contribution >= 4 is 36.4 Å². The van der Waals surface area contributed by atoms with Crippen molar-refractivity contribution in [3.63, 3.8) is 0 Å². The maximum absolute atomic E-state index is 12.6. The summed E-state index contributed by atoms with van der Waals surface area (Å²) in [6.45, 7) is 4.58. The van der Waals surface area contributed by atoms with Gasteiger partial charge in [0, 0.05) is 32.5 Å². The standard InChI is InChI=1S/C22H27N6O7P/c1-11(19-23-14-6-7-28(12(2)29)9-16(14)24-19)20-25-15-5-4-13(8-18(15)27(20)3)21(30)26-17(22(31)32)10-36(33,34)35/h4-5,8,11,17H,6-7,9-10H2,1-3H3,(H,23,24)(H,26,30)(H,31,32)(H2,33,34,35). The number of carboxylic acids is 1. The lowest BCUT2D eigenvalue weighted by Crippen LogP contribution is -2.43. The number of hydrogen-bond donors (Lipinski definition) is 5. The fraction of sp³-hybridized carbons (Fsp3) is 0.409. The molecule has 3 aromatic rings. The number of rotatable bonds is 7. The maximum atomic E-state index is 12.6. The third kappa shape index (κ3) is 5.18. The molecular formula is C22H27N6O7P. The Morgan fingerprint density at radius 2 is 1.97 bits per heavy atom. The first-order chi connectivity index (χ1) is 16.8. The number of nitrogens with one attached hydrogen (secondary N) is 2. The molecule has 36 heavy (non-hydrogen) atoms. The minimum absolute atomic E-state index is 0.0106. The summed E-state index contributed by atoms with van der Waals surface area (Å²) >= 11 is 0. The first-order valence-corrected chi connectivity index (χ1v) is 13.0. The Morgan fingerprint density at radius 1 is 1.25 bits per heavy atom. The molecule has 0 saturated heterocycles. The van der Waals surface area contributed by atoms with Crippen LogP contribution in [0.15, 0.2) is 18.2 Å². The van der Waals surface area contributed by atoms with E-state index >= 15 is 0 Å². The van der Waals surface area contributed by atoms with Crippen LogP contribution in [0.1, 0.15) is 53.2 Å². The summed E-state index contributed by atoms with van der Waals surface area (Å²) in [6.07, 6.45) is -0.348. The average molecular weight is 518 g/mol. The van der Waals surface area contributed by atoms with Crippen LogP contribution in [-0.4, -0.2) is 75.8 Å². The molecule has 1 aliphatic rings. The monoisotopic (exact) mass is 518 g/mol. The SMILES string of the molecule is CC(=O)N1CCc2nc(C(C)c3nc4ccc(C(=O)NC(CP(=O)(O)O)C(=O)O)cc4n3C)[nH]c2C1. The normalized spacial score (nSPS) is 15.4. The van der Waals surface area contributed by atoms with E-state index < -0.39 is 31.7 Å². The molecule has 13 nitrogen and oxygen atoms in total. The second kappa shape index (κ2) is 9.49. The van der Waals surface area contributed by atoms with Gasteiger partial charge in [0.25, 0.3) is 5.91 Å². The maximum Gasteiger partial charge on any atom is 0.328 e. The number of aromatic nitrogens is 4. The van der Waals surface area contributed by atoms with Gasteiger partial charge in [-0.15, -0.1) is 0 Å². The molecule has 1 aromatic carbocycles. The number of aliphatic carboxylic acids is 1. The van der Waals surface area contributed by atoms with Crippen LogP contribution in [0.5, 0.6) is 0 Å². The molecule has 2 aromatic heterocycles. The van der Waals surface area contributed by atoms with E-state index in [0.29, 0.717) is 42.2 Å². The quantitative estimate of drug-likeness (QED) is 0.280. The zero-order valence-electron chi connectivity index (χ0n) is 19.9. The van der Waals surface area contributed by atoms with Gasteiger partial charge in [-0.2, -0.15) is 0 Å². The van der Waals surface area contributed by atoms with Crippen LogP contribution in [0.3, 0.4) is 0 Å². The molecule has 192 valence electrons. The van der Waals surface area contributed by atoms with Crippen LogP contribution in [-0.2, 0) is 34.2 Å². The minimum atomic E-state index is -4.66. The van der Waals surface area contributed by atoms with Gasteiger partial charge >= 0.3 is 13.6 Å². The zero-order valence-corrected chi connectivity index (χ0v) is 20.8. The van der Waals surface area contributed by atoms with Crippen LogP contribution >= 0.6 is 7.60 Å². The summed E-state index contributed by atoms with van der Waals surface area (Å²) in [7, 11) is -2.87. The predicted octanol–water partition coefficient (Wildman–Crippen LogP) is 0.713. The van der Waals surface area contributed by atoms with Gasteiger partial charge in [-0.1, -0.05) is 0 Å². The summed E-state index contributed by atoms with van der Waals surface area (Å²) in [6, 6.07) is 2.90. The molecule has 0 saturated carbocycles. The van der Waals surface area contributed by atoms with Crippen LogP contribution in [0.25, 0.3) is 11.0 Å². The van der Waals surface area contributed by atoms with E-state index in [2.05, 4.69) is 15.3 Å². The van der Waals surface area contributed by atoms with Gasteiger partial charge in [-0.05, 0) is 25.1 Å². The largest absolute Gasteiger partial charge is 0.480 e. The number of imidazole rings is 2. The molecule has 2 atom stereocenters. The molecule has 0 fully saturated rings. The number of amides is 2. The number of benzene rings is 1. The number of H-pyrrole nitrogens is 1. The fourth-order valence-corrected chi connectivity index (χ4v) is 5.04. The van der Waals surface area contributed by atoms with Crippen molar-refractivity contribution in [2.75, 3.05) is 12.7 Å². The highest BCUT2D eigenvalue weighted by atomic mass is 31.2. The van der Waals surface area contributed by atoms with Gasteiger partial charge in [0.1, 0.15) is 17.7 Å². The molecule has 2 amide bonds. The highest BCUT2D eigenvalue weighted by molar-refractivity contribution is 7.51. The third-order valence-corrected chi connectivity index (χ3v) is 7.14. The topological polar surface area (TPSA) is 191 Å². The van der Waals surface area contributed by atoms with Crippen LogP contribution < -0.4 is 5.32 Å². The van der Waals surface area contributed by atoms with Gasteiger partial charge < -0.3 is 34.7 Å². The molecule has 0 aliphatic carbocycles. The van der Waals surface area contributed by atoms with Gasteiger partial charge in [-0.25, -0.2) is 14.8 Å². The van der Waals surface area contributed by atoms with Gasteiger partial charge in [0.2, 0.25) is 5.91 Å². The molecule has 2 unspecified atom stereocenters. The minimum Gasteiger partial charge on any atom is -0.480 e. The highest BCUT2D eigenvalue weighted by Crippen LogP contribution is 2.35. The first-order valence-electron chi connectivity index (χ1n) is 11.2. The van der Waals surface area contributed by atoms with E-state index in [1.807, 2.05) is 11.5 Å². The van der Waals surface area contributed by atoms with E-state index in [1.165, 1.54) is 6.07 Å². The lowest BCUT2D eigenvalue weighted by Gasteiger charge is -2.24. The number of fused-ring (bicyclic) bond motifs is 2. The van der Waals surface area contributed by atoms with Crippen molar-refractivity contribution in [1.29, 1.82) is 0 Å². The summed E-state index contributed by atoms with van der Waals surface area (Å²) in [5.41, 5.74) is 3.18. The van der Waals surface area contributed by atoms with Crippen LogP contribution in [0.4, 0.5) is 0 Å².